The zero-order valence-corrected chi connectivity index (χ0v) is 14.6. The van der Waals surface area contributed by atoms with Crippen LogP contribution in [0.3, 0.4) is 0 Å². The minimum Gasteiger partial charge on any atom is -0.497 e. The second-order valence-corrected chi connectivity index (χ2v) is 6.29. The minimum atomic E-state index is 0.0344. The summed E-state index contributed by atoms with van der Waals surface area (Å²) in [4.78, 5) is 1.16. The van der Waals surface area contributed by atoms with Crippen LogP contribution in [0.25, 0.3) is 0 Å². The van der Waals surface area contributed by atoms with Gasteiger partial charge in [-0.2, -0.15) is 0 Å². The molecule has 3 rings (SSSR count). The van der Waals surface area contributed by atoms with Gasteiger partial charge in [-0.25, -0.2) is 0 Å². The lowest BCUT2D eigenvalue weighted by atomic mass is 9.96. The molecule has 0 saturated carbocycles. The van der Waals surface area contributed by atoms with Crippen molar-refractivity contribution in [1.29, 1.82) is 0 Å². The molecule has 0 fully saturated rings. The van der Waals surface area contributed by atoms with Gasteiger partial charge in [-0.15, -0.1) is 0 Å². The fourth-order valence-corrected chi connectivity index (χ4v) is 3.12. The van der Waals surface area contributed by atoms with E-state index < -0.39 is 0 Å². The van der Waals surface area contributed by atoms with Gasteiger partial charge in [0.1, 0.15) is 5.75 Å². The fourth-order valence-electron chi connectivity index (χ4n) is 2.53. The molecule has 24 heavy (non-hydrogen) atoms. The predicted molar refractivity (Wildman–Crippen MR) is 100 cm³/mol. The van der Waals surface area contributed by atoms with Gasteiger partial charge in [-0.05, 0) is 59.0 Å². The summed E-state index contributed by atoms with van der Waals surface area (Å²) in [6.07, 6.45) is 2.05. The lowest BCUT2D eigenvalue weighted by Crippen LogP contribution is -2.04. The zero-order valence-electron chi connectivity index (χ0n) is 13.8. The first-order valence-electron chi connectivity index (χ1n) is 7.75. The summed E-state index contributed by atoms with van der Waals surface area (Å²) in [7, 11) is 3.73. The Balaban J connectivity index is 1.89. The largest absolute Gasteiger partial charge is 0.497 e. The maximum atomic E-state index is 5.26. The van der Waals surface area contributed by atoms with E-state index in [1.54, 1.807) is 18.9 Å². The number of hydrogen-bond acceptors (Lipinski definition) is 2. The van der Waals surface area contributed by atoms with Gasteiger partial charge in [-0.3, -0.25) is 0 Å². The van der Waals surface area contributed by atoms with E-state index in [9.17, 15) is 0 Å². The van der Waals surface area contributed by atoms with Crippen LogP contribution in [-0.2, 0) is 7.05 Å². The number of aryl methyl sites for hydroxylation is 1. The molecular formula is C21H19NOS. The monoisotopic (exact) mass is 333 g/mol. The van der Waals surface area contributed by atoms with Gasteiger partial charge in [0.05, 0.1) is 13.0 Å². The Labute approximate surface area is 147 Å². The summed E-state index contributed by atoms with van der Waals surface area (Å²) < 4.78 is 7.38. The number of nitrogens with zero attached hydrogens (tertiary/aromatic N) is 1. The van der Waals surface area contributed by atoms with Crippen molar-refractivity contribution in [3.63, 3.8) is 0 Å². The molecule has 0 amide bonds. The summed E-state index contributed by atoms with van der Waals surface area (Å²) in [5, 5.41) is 3.27. The van der Waals surface area contributed by atoms with E-state index in [2.05, 4.69) is 65.4 Å². The highest BCUT2D eigenvalue weighted by Crippen LogP contribution is 2.27. The Kier molecular flexibility index (Phi) is 5.30. The Morgan fingerprint density at radius 1 is 0.958 bits per heavy atom. The van der Waals surface area contributed by atoms with Crippen molar-refractivity contribution in [2.45, 2.75) is 10.8 Å². The first kappa shape index (κ1) is 16.3. The van der Waals surface area contributed by atoms with Crippen LogP contribution in [0.2, 0.25) is 0 Å². The quantitative estimate of drug-likeness (QED) is 0.497. The second kappa shape index (κ2) is 7.81. The summed E-state index contributed by atoms with van der Waals surface area (Å²) >= 11 is 1.56. The Bertz CT molecular complexity index is 841. The van der Waals surface area contributed by atoms with Crippen LogP contribution < -0.4 is 4.74 Å². The normalized spacial score (nSPS) is 11.4. The topological polar surface area (TPSA) is 14.2 Å². The molecule has 0 aliphatic heterocycles. The first-order valence-corrected chi connectivity index (χ1v) is 8.57. The number of thioether (sulfide) groups is 1. The van der Waals surface area contributed by atoms with Crippen LogP contribution in [0.5, 0.6) is 5.75 Å². The molecule has 0 bridgehead atoms. The maximum absolute atomic E-state index is 5.26. The molecule has 2 aromatic carbocycles. The number of benzene rings is 2. The molecule has 0 saturated heterocycles. The number of rotatable bonds is 4. The standard InChI is InChI=1S/C21H19NOS/c1-22-15-6-9-21(22)20(17-10-12-18(23-2)13-11-17)14-16-24-19-7-4-3-5-8-19/h3-13,15,20H,1-2H3. The third-order valence-electron chi connectivity index (χ3n) is 3.84. The summed E-state index contributed by atoms with van der Waals surface area (Å²) in [5.74, 6) is 4.31. The van der Waals surface area contributed by atoms with Crippen molar-refractivity contribution in [2.24, 2.45) is 7.05 Å². The highest BCUT2D eigenvalue weighted by atomic mass is 32.2. The van der Waals surface area contributed by atoms with Gasteiger partial charge in [0.15, 0.2) is 0 Å². The molecule has 1 atom stereocenters. The summed E-state index contributed by atoms with van der Waals surface area (Å²) in [6, 6.07) is 22.5. The first-order chi connectivity index (χ1) is 11.8. The maximum Gasteiger partial charge on any atom is 0.118 e. The minimum absolute atomic E-state index is 0.0344. The van der Waals surface area contributed by atoms with Crippen molar-refractivity contribution in [1.82, 2.24) is 4.57 Å². The van der Waals surface area contributed by atoms with Gasteiger partial charge in [0.2, 0.25) is 0 Å². The van der Waals surface area contributed by atoms with Gasteiger partial charge >= 0.3 is 0 Å². The molecule has 1 heterocycles. The van der Waals surface area contributed by atoms with Gasteiger partial charge in [0, 0.05) is 23.8 Å². The van der Waals surface area contributed by atoms with E-state index in [0.717, 1.165) is 10.6 Å². The van der Waals surface area contributed by atoms with E-state index >= 15 is 0 Å². The lowest BCUT2D eigenvalue weighted by molar-refractivity contribution is 0.414. The van der Waals surface area contributed by atoms with E-state index in [0.29, 0.717) is 0 Å². The third kappa shape index (κ3) is 3.84. The molecule has 0 aliphatic carbocycles. The van der Waals surface area contributed by atoms with Crippen LogP contribution >= 0.6 is 11.8 Å². The smallest absolute Gasteiger partial charge is 0.118 e. The summed E-state index contributed by atoms with van der Waals surface area (Å²) in [6.45, 7) is 0. The van der Waals surface area contributed by atoms with Crippen molar-refractivity contribution in [3.8, 4) is 16.9 Å². The third-order valence-corrected chi connectivity index (χ3v) is 4.57. The molecule has 0 spiro atoms. The van der Waals surface area contributed by atoms with Crippen LogP contribution in [0.15, 0.2) is 77.8 Å². The number of ether oxygens (including phenoxy) is 1. The van der Waals surface area contributed by atoms with E-state index in [4.69, 9.17) is 4.74 Å². The Hall–Kier alpha value is -2.57. The lowest BCUT2D eigenvalue weighted by Gasteiger charge is -2.13. The average molecular weight is 333 g/mol. The average Bonchev–Trinajstić information content (AvgIpc) is 3.05. The van der Waals surface area contributed by atoms with Gasteiger partial charge in [0.25, 0.3) is 0 Å². The number of hydrogen-bond donors (Lipinski definition) is 0. The van der Waals surface area contributed by atoms with Crippen LogP contribution in [-0.4, -0.2) is 11.7 Å². The zero-order chi connectivity index (χ0) is 16.8. The van der Waals surface area contributed by atoms with Gasteiger partial charge in [-0.1, -0.05) is 36.3 Å². The second-order valence-electron chi connectivity index (χ2n) is 5.41. The van der Waals surface area contributed by atoms with Crippen LogP contribution in [0.1, 0.15) is 17.2 Å². The highest BCUT2D eigenvalue weighted by molar-refractivity contribution is 8.03. The van der Waals surface area contributed by atoms with Crippen LogP contribution in [0, 0.1) is 11.2 Å². The van der Waals surface area contributed by atoms with Crippen molar-refractivity contribution in [3.05, 3.63) is 84.2 Å². The van der Waals surface area contributed by atoms with Crippen LogP contribution in [0.4, 0.5) is 0 Å². The molecule has 1 unspecified atom stereocenters. The van der Waals surface area contributed by atoms with Gasteiger partial charge < -0.3 is 9.30 Å². The molecule has 3 heteroatoms. The molecule has 0 N–H and O–H groups in total. The van der Waals surface area contributed by atoms with E-state index in [-0.39, 0.29) is 5.92 Å². The molecule has 2 nitrogen and oxygen atoms in total. The van der Waals surface area contributed by atoms with Crippen molar-refractivity contribution >= 4 is 11.8 Å². The Morgan fingerprint density at radius 2 is 1.71 bits per heavy atom. The van der Waals surface area contributed by atoms with E-state index in [1.165, 1.54) is 11.3 Å². The summed E-state index contributed by atoms with van der Waals surface area (Å²) in [5.41, 5.74) is 2.35. The number of aromatic nitrogens is 1. The van der Waals surface area contributed by atoms with Crippen molar-refractivity contribution < 1.29 is 4.74 Å². The predicted octanol–water partition coefficient (Wildman–Crippen LogP) is 4.92. The molecule has 0 radical (unpaired) electrons. The SMILES string of the molecule is COc1ccc(C(C#CSc2ccccc2)c2cccn2C)cc1. The molecule has 1 aromatic heterocycles. The van der Waals surface area contributed by atoms with E-state index in [1.807, 2.05) is 30.3 Å². The van der Waals surface area contributed by atoms with Crippen molar-refractivity contribution in [2.75, 3.05) is 7.11 Å². The highest BCUT2D eigenvalue weighted by Gasteiger charge is 2.14. The Morgan fingerprint density at radius 3 is 2.33 bits per heavy atom. The molecule has 3 aromatic rings. The molecule has 120 valence electrons. The number of methoxy groups -OCH3 is 1. The molecular weight excluding hydrogens is 314 g/mol. The fraction of sp³-hybridized carbons (Fsp3) is 0.143. The molecule has 0 aliphatic rings.